The quantitative estimate of drug-likeness (QED) is 0.183. The number of piperidine rings is 2. The van der Waals surface area contributed by atoms with E-state index in [-0.39, 0.29) is 77.0 Å². The fourth-order valence-electron chi connectivity index (χ4n) is 7.08. The van der Waals surface area contributed by atoms with E-state index < -0.39 is 24.4 Å². The van der Waals surface area contributed by atoms with Crippen LogP contribution in [-0.2, 0) is 19.1 Å². The van der Waals surface area contributed by atoms with Gasteiger partial charge in [0.15, 0.2) is 0 Å². The van der Waals surface area contributed by atoms with Crippen LogP contribution in [0.15, 0.2) is 0 Å². The number of likely N-dealkylation sites (tertiary alicyclic amines) is 1. The standard InChI is InChI=1S/C25H41ClF3N7O4S/c1-11-6-13(14-7-19(26)34-35-22(14)40-3)15(8-30-11)20(37)33-24-31-16-9-36(10-17(16)41-24)23(38)12-4-5-18(25(27,28)29)32-21(12)39-2/h11-19,21-22,24,30-32,34-35H,4-10H2,1-3H3,(H,33,37). The van der Waals surface area contributed by atoms with Gasteiger partial charge in [-0.25, -0.2) is 10.9 Å². The molecule has 41 heavy (non-hydrogen) atoms. The molecule has 0 spiro atoms. The SMILES string of the molecule is COC1NC(C(F)(F)F)CCC1C(=O)N1CC2NC(NC(=O)C3CNC(C)CC3C3CC(Cl)NNC3OC)SC2C1. The second kappa shape index (κ2) is 13.0. The van der Waals surface area contributed by atoms with E-state index in [9.17, 15) is 22.8 Å². The van der Waals surface area contributed by atoms with Crippen LogP contribution in [0.25, 0.3) is 0 Å². The first-order chi connectivity index (χ1) is 19.5. The van der Waals surface area contributed by atoms with Crippen molar-refractivity contribution in [1.82, 2.24) is 37.0 Å². The van der Waals surface area contributed by atoms with Crippen molar-refractivity contribution in [3.63, 3.8) is 0 Å². The van der Waals surface area contributed by atoms with E-state index in [2.05, 4.69) is 39.0 Å². The molecule has 5 aliphatic heterocycles. The van der Waals surface area contributed by atoms with Gasteiger partial charge in [-0.3, -0.25) is 20.2 Å². The maximum Gasteiger partial charge on any atom is 0.403 e. The van der Waals surface area contributed by atoms with Crippen LogP contribution in [0.3, 0.4) is 0 Å². The Morgan fingerprint density at radius 3 is 2.44 bits per heavy atom. The summed E-state index contributed by atoms with van der Waals surface area (Å²) >= 11 is 7.96. The van der Waals surface area contributed by atoms with Crippen molar-refractivity contribution >= 4 is 35.2 Å². The van der Waals surface area contributed by atoms with Gasteiger partial charge in [0.2, 0.25) is 11.8 Å². The first-order valence-corrected chi connectivity index (χ1v) is 15.6. The largest absolute Gasteiger partial charge is 0.403 e. The van der Waals surface area contributed by atoms with E-state index in [1.807, 2.05) is 0 Å². The highest BCUT2D eigenvalue weighted by molar-refractivity contribution is 8.00. The van der Waals surface area contributed by atoms with Crippen molar-refractivity contribution in [3.05, 3.63) is 0 Å². The third-order valence-corrected chi connectivity index (χ3v) is 10.9. The minimum absolute atomic E-state index is 0.0292. The van der Waals surface area contributed by atoms with Crippen LogP contribution in [0.1, 0.15) is 32.6 Å². The number of halogens is 4. The number of carbonyl (C=O) groups is 2. The smallest absolute Gasteiger partial charge is 0.366 e. The lowest BCUT2D eigenvalue weighted by Gasteiger charge is -2.45. The maximum absolute atomic E-state index is 13.6. The number of rotatable bonds is 6. The first-order valence-electron chi connectivity index (χ1n) is 14.3. The Hall–Kier alpha value is -0.910. The van der Waals surface area contributed by atoms with Gasteiger partial charge in [-0.1, -0.05) is 0 Å². The molecule has 11 nitrogen and oxygen atoms in total. The lowest BCUT2D eigenvalue weighted by molar-refractivity contribution is -0.183. The second-order valence-corrected chi connectivity index (χ2v) is 13.7. The van der Waals surface area contributed by atoms with Gasteiger partial charge < -0.3 is 25.0 Å². The van der Waals surface area contributed by atoms with Crippen molar-refractivity contribution in [2.45, 2.75) is 85.6 Å². The number of thioether (sulfide) groups is 1. The van der Waals surface area contributed by atoms with Crippen LogP contribution < -0.4 is 32.1 Å². The molecule has 0 aromatic rings. The zero-order chi connectivity index (χ0) is 29.5. The molecule has 0 radical (unpaired) electrons. The minimum Gasteiger partial charge on any atom is -0.366 e. The van der Waals surface area contributed by atoms with Crippen LogP contribution in [0.2, 0.25) is 0 Å². The van der Waals surface area contributed by atoms with Crippen molar-refractivity contribution in [2.24, 2.45) is 23.7 Å². The monoisotopic (exact) mass is 627 g/mol. The molecule has 2 amide bonds. The summed E-state index contributed by atoms with van der Waals surface area (Å²) in [6.45, 7) is 3.56. The number of nitrogens with one attached hydrogen (secondary N) is 6. The van der Waals surface area contributed by atoms with Gasteiger partial charge in [-0.2, -0.15) is 13.2 Å². The van der Waals surface area contributed by atoms with E-state index in [0.29, 0.717) is 26.1 Å². The summed E-state index contributed by atoms with van der Waals surface area (Å²) in [6, 6.07) is -1.44. The normalized spacial score (nSPS) is 43.5. The first kappa shape index (κ1) is 31.5. The molecule has 234 valence electrons. The highest BCUT2D eigenvalue weighted by Crippen LogP contribution is 2.38. The number of hydrogen-bond donors (Lipinski definition) is 6. The van der Waals surface area contributed by atoms with Crippen LogP contribution >= 0.6 is 23.4 Å². The molecule has 0 aromatic carbocycles. The third kappa shape index (κ3) is 6.93. The van der Waals surface area contributed by atoms with Gasteiger partial charge in [0.25, 0.3) is 0 Å². The molecule has 16 heteroatoms. The molecule has 5 saturated heterocycles. The number of fused-ring (bicyclic) bond motifs is 1. The zero-order valence-corrected chi connectivity index (χ0v) is 25.0. The number of carbonyl (C=O) groups excluding carboxylic acids is 2. The van der Waals surface area contributed by atoms with Crippen molar-refractivity contribution in [1.29, 1.82) is 0 Å². The highest BCUT2D eigenvalue weighted by Gasteiger charge is 2.50. The molecule has 0 aliphatic carbocycles. The van der Waals surface area contributed by atoms with Gasteiger partial charge in [0.05, 0.1) is 17.3 Å². The lowest BCUT2D eigenvalue weighted by Crippen LogP contribution is -2.61. The molecule has 6 N–H and O–H groups in total. The van der Waals surface area contributed by atoms with Gasteiger partial charge in [0, 0.05) is 57.1 Å². The van der Waals surface area contributed by atoms with E-state index in [1.165, 1.54) is 7.11 Å². The maximum atomic E-state index is 13.6. The van der Waals surface area contributed by atoms with E-state index in [0.717, 1.165) is 6.42 Å². The van der Waals surface area contributed by atoms with Gasteiger partial charge in [-0.05, 0) is 38.5 Å². The molecule has 5 aliphatic rings. The number of ether oxygens (including phenoxy) is 2. The molecule has 5 rings (SSSR count). The van der Waals surface area contributed by atoms with E-state index >= 15 is 0 Å². The Kier molecular flexibility index (Phi) is 9.98. The Morgan fingerprint density at radius 2 is 1.76 bits per heavy atom. The molecule has 0 bridgehead atoms. The fourth-order valence-corrected chi connectivity index (χ4v) is 8.75. The number of hydrazine groups is 1. The number of nitrogens with zero attached hydrogens (tertiary/aromatic N) is 1. The lowest BCUT2D eigenvalue weighted by atomic mass is 9.72. The summed E-state index contributed by atoms with van der Waals surface area (Å²) in [5.74, 6) is -1.05. The molecule has 0 aromatic heterocycles. The number of alkyl halides is 4. The molecule has 0 saturated carbocycles. The van der Waals surface area contributed by atoms with Crippen molar-refractivity contribution in [3.8, 4) is 0 Å². The summed E-state index contributed by atoms with van der Waals surface area (Å²) in [5, 5.41) is 12.6. The van der Waals surface area contributed by atoms with E-state index in [1.54, 1.807) is 23.8 Å². The number of hydrogen-bond acceptors (Lipinski definition) is 10. The number of amides is 2. The Labute approximate surface area is 247 Å². The predicted molar refractivity (Wildman–Crippen MR) is 147 cm³/mol. The van der Waals surface area contributed by atoms with Crippen molar-refractivity contribution in [2.75, 3.05) is 33.9 Å². The third-order valence-electron chi connectivity index (χ3n) is 9.21. The zero-order valence-electron chi connectivity index (χ0n) is 23.4. The summed E-state index contributed by atoms with van der Waals surface area (Å²) in [4.78, 5) is 28.6. The molecular formula is C25H41ClF3N7O4S. The highest BCUT2D eigenvalue weighted by atomic mass is 35.5. The molecular weight excluding hydrogens is 587 g/mol. The molecule has 5 fully saturated rings. The topological polar surface area (TPSA) is 128 Å². The molecule has 12 atom stereocenters. The van der Waals surface area contributed by atoms with Crippen LogP contribution in [0.5, 0.6) is 0 Å². The van der Waals surface area contributed by atoms with Crippen molar-refractivity contribution < 1.29 is 32.2 Å². The average Bonchev–Trinajstić information content (AvgIpc) is 3.50. The predicted octanol–water partition coefficient (Wildman–Crippen LogP) is 0.471. The van der Waals surface area contributed by atoms with Crippen LogP contribution in [-0.4, -0.2) is 104 Å². The van der Waals surface area contributed by atoms with Gasteiger partial charge >= 0.3 is 6.18 Å². The average molecular weight is 628 g/mol. The fraction of sp³-hybridized carbons (Fsp3) is 0.920. The summed E-state index contributed by atoms with van der Waals surface area (Å²) in [6.07, 6.45) is -4.19. The summed E-state index contributed by atoms with van der Waals surface area (Å²) in [7, 11) is 2.96. The van der Waals surface area contributed by atoms with Crippen LogP contribution in [0, 0.1) is 23.7 Å². The van der Waals surface area contributed by atoms with Crippen LogP contribution in [0.4, 0.5) is 13.2 Å². The summed E-state index contributed by atoms with van der Waals surface area (Å²) < 4.78 is 50.5. The molecule has 5 heterocycles. The van der Waals surface area contributed by atoms with Gasteiger partial charge in [-0.15, -0.1) is 23.4 Å². The Bertz CT molecular complexity index is 943. The Morgan fingerprint density at radius 1 is 1.00 bits per heavy atom. The summed E-state index contributed by atoms with van der Waals surface area (Å²) in [5.41, 5.74) is 5.58. The molecule has 12 unspecified atom stereocenters. The second-order valence-electron chi connectivity index (χ2n) is 11.8. The van der Waals surface area contributed by atoms with Gasteiger partial charge in [0.1, 0.15) is 24.0 Å². The minimum atomic E-state index is -4.38. The van der Waals surface area contributed by atoms with E-state index in [4.69, 9.17) is 21.1 Å². The Balaban J connectivity index is 1.15. The number of methoxy groups -OCH3 is 2.